The van der Waals surface area contributed by atoms with Crippen LogP contribution in [-0.2, 0) is 13.0 Å². The molecule has 4 heterocycles. The summed E-state index contributed by atoms with van der Waals surface area (Å²) in [5.41, 5.74) is 3.83. The van der Waals surface area contributed by atoms with Crippen molar-refractivity contribution in [3.63, 3.8) is 0 Å². The first-order valence-electron chi connectivity index (χ1n) is 19.0. The molecule has 2 saturated heterocycles. The van der Waals surface area contributed by atoms with Gasteiger partial charge in [-0.15, -0.1) is 11.3 Å². The lowest BCUT2D eigenvalue weighted by Gasteiger charge is -2.41. The largest absolute Gasteiger partial charge is 0.423 e. The maximum Gasteiger partial charge on any atom is 0.219 e. The minimum atomic E-state index is 0.217. The number of anilines is 1. The highest BCUT2D eigenvalue weighted by molar-refractivity contribution is 7.10. The van der Waals surface area contributed by atoms with Crippen LogP contribution in [-0.4, -0.2) is 73.0 Å². The Morgan fingerprint density at radius 3 is 2.10 bits per heavy atom. The third-order valence-electron chi connectivity index (χ3n) is 11.6. The van der Waals surface area contributed by atoms with Gasteiger partial charge in [-0.1, -0.05) is 86.5 Å². The van der Waals surface area contributed by atoms with Gasteiger partial charge in [0.15, 0.2) is 0 Å². The first kappa shape index (κ1) is 34.5. The standard InChI is InChI=1S/C42H57N5OS/c1-32-20-22-47(23-21-32)42-37(29-33-11-6-4-7-12-33)43-41(48-42)38(46-26-24-45(25-27-46)31-35-13-8-5-9-14-35)30-34-16-18-36(19-17-34)40(44(2)3)39-15-10-28-49-39/h4-15,28,32,34,36,38,40H,16-27,29-31H2,1-3H3. The number of aromatic nitrogens is 1. The van der Waals surface area contributed by atoms with Crippen LogP contribution in [0.2, 0.25) is 0 Å². The Labute approximate surface area is 299 Å². The third kappa shape index (κ3) is 8.68. The number of nitrogens with zero attached hydrogens (tertiary/aromatic N) is 5. The van der Waals surface area contributed by atoms with Crippen LogP contribution in [0.25, 0.3) is 0 Å². The van der Waals surface area contributed by atoms with E-state index < -0.39 is 0 Å². The van der Waals surface area contributed by atoms with Crippen LogP contribution in [0.5, 0.6) is 0 Å². The Hall–Kier alpha value is -2.97. The second kappa shape index (κ2) is 16.4. The molecule has 7 rings (SSSR count). The summed E-state index contributed by atoms with van der Waals surface area (Å²) in [7, 11) is 4.53. The molecule has 3 fully saturated rings. The Kier molecular flexibility index (Phi) is 11.5. The molecule has 2 unspecified atom stereocenters. The summed E-state index contributed by atoms with van der Waals surface area (Å²) in [5, 5.41) is 2.24. The van der Waals surface area contributed by atoms with Gasteiger partial charge in [-0.05, 0) is 86.5 Å². The summed E-state index contributed by atoms with van der Waals surface area (Å²) in [6.07, 6.45) is 9.57. The molecule has 0 N–H and O–H groups in total. The second-order valence-corrected chi connectivity index (χ2v) is 16.4. The zero-order chi connectivity index (χ0) is 33.6. The van der Waals surface area contributed by atoms with Crippen molar-refractivity contribution in [2.24, 2.45) is 17.8 Å². The zero-order valence-corrected chi connectivity index (χ0v) is 30.9. The lowest BCUT2D eigenvalue weighted by atomic mass is 9.75. The summed E-state index contributed by atoms with van der Waals surface area (Å²) in [6, 6.07) is 27.1. The number of piperazine rings is 1. The van der Waals surface area contributed by atoms with Gasteiger partial charge in [0.2, 0.25) is 11.8 Å². The van der Waals surface area contributed by atoms with E-state index in [0.29, 0.717) is 12.0 Å². The highest BCUT2D eigenvalue weighted by Gasteiger charge is 2.36. The molecule has 2 aromatic heterocycles. The van der Waals surface area contributed by atoms with E-state index in [0.717, 1.165) is 88.0 Å². The fraction of sp³-hybridized carbons (Fsp3) is 0.548. The van der Waals surface area contributed by atoms with Crippen molar-refractivity contribution in [1.82, 2.24) is 19.7 Å². The average molecular weight is 680 g/mol. The Morgan fingerprint density at radius 1 is 0.796 bits per heavy atom. The van der Waals surface area contributed by atoms with Crippen LogP contribution in [0.4, 0.5) is 5.88 Å². The molecule has 2 aliphatic heterocycles. The van der Waals surface area contributed by atoms with Crippen LogP contribution in [0, 0.1) is 17.8 Å². The van der Waals surface area contributed by atoms with E-state index >= 15 is 0 Å². The molecular formula is C42H57N5OS. The highest BCUT2D eigenvalue weighted by atomic mass is 32.1. The summed E-state index contributed by atoms with van der Waals surface area (Å²) >= 11 is 1.92. The van der Waals surface area contributed by atoms with E-state index in [4.69, 9.17) is 9.40 Å². The predicted octanol–water partition coefficient (Wildman–Crippen LogP) is 8.92. The molecule has 0 amide bonds. The topological polar surface area (TPSA) is 39.0 Å². The maximum atomic E-state index is 7.04. The molecule has 262 valence electrons. The van der Waals surface area contributed by atoms with E-state index in [2.05, 4.69) is 119 Å². The molecular weight excluding hydrogens is 623 g/mol. The quantitative estimate of drug-likeness (QED) is 0.149. The van der Waals surface area contributed by atoms with Crippen LogP contribution >= 0.6 is 11.3 Å². The smallest absolute Gasteiger partial charge is 0.219 e. The molecule has 0 radical (unpaired) electrons. The Morgan fingerprint density at radius 2 is 1.47 bits per heavy atom. The number of thiophene rings is 1. The average Bonchev–Trinajstić information content (AvgIpc) is 3.80. The van der Waals surface area contributed by atoms with Crippen LogP contribution in [0.15, 0.2) is 82.6 Å². The number of hydrogen-bond acceptors (Lipinski definition) is 7. The number of benzene rings is 2. The molecule has 2 atom stereocenters. The van der Waals surface area contributed by atoms with Crippen LogP contribution in [0.1, 0.15) is 91.5 Å². The fourth-order valence-corrected chi connectivity index (χ4v) is 9.79. The van der Waals surface area contributed by atoms with Gasteiger partial charge in [0.25, 0.3) is 0 Å². The van der Waals surface area contributed by atoms with Gasteiger partial charge in [0.05, 0.1) is 6.04 Å². The molecule has 0 bridgehead atoms. The van der Waals surface area contributed by atoms with Crippen molar-refractivity contribution < 1.29 is 4.42 Å². The van der Waals surface area contributed by atoms with Crippen LogP contribution in [0.3, 0.4) is 0 Å². The Bertz CT molecular complexity index is 1530. The molecule has 2 aromatic carbocycles. The van der Waals surface area contributed by atoms with Gasteiger partial charge in [-0.2, -0.15) is 0 Å². The van der Waals surface area contributed by atoms with E-state index in [1.165, 1.54) is 54.5 Å². The van der Waals surface area contributed by atoms with Gasteiger partial charge < -0.3 is 14.2 Å². The van der Waals surface area contributed by atoms with Gasteiger partial charge in [-0.3, -0.25) is 9.80 Å². The predicted molar refractivity (Wildman–Crippen MR) is 203 cm³/mol. The van der Waals surface area contributed by atoms with Crippen molar-refractivity contribution in [2.45, 2.75) is 76.9 Å². The number of hydrogen-bond donors (Lipinski definition) is 0. The molecule has 6 nitrogen and oxygen atoms in total. The summed E-state index contributed by atoms with van der Waals surface area (Å²) < 4.78 is 7.04. The third-order valence-corrected chi connectivity index (χ3v) is 12.6. The minimum absolute atomic E-state index is 0.217. The highest BCUT2D eigenvalue weighted by Crippen LogP contribution is 2.44. The number of rotatable bonds is 12. The lowest BCUT2D eigenvalue weighted by Crippen LogP contribution is -2.47. The molecule has 7 heteroatoms. The molecule has 3 aliphatic rings. The van der Waals surface area contributed by atoms with E-state index in [1.807, 2.05) is 11.3 Å². The van der Waals surface area contributed by atoms with Crippen molar-refractivity contribution in [3.8, 4) is 0 Å². The van der Waals surface area contributed by atoms with Gasteiger partial charge in [0, 0.05) is 63.2 Å². The fourth-order valence-electron chi connectivity index (χ4n) is 8.77. The SMILES string of the molecule is CC1CCN(c2oc(C(CC3CCC(C(c4cccs4)N(C)C)CC3)N3CCN(Cc4ccccc4)CC3)nc2Cc2ccccc2)CC1. The minimum Gasteiger partial charge on any atom is -0.423 e. The lowest BCUT2D eigenvalue weighted by molar-refractivity contribution is 0.0595. The molecule has 4 aromatic rings. The zero-order valence-electron chi connectivity index (χ0n) is 30.1. The van der Waals surface area contributed by atoms with Crippen molar-refractivity contribution >= 4 is 17.2 Å². The first-order chi connectivity index (χ1) is 24.0. The molecule has 49 heavy (non-hydrogen) atoms. The monoisotopic (exact) mass is 679 g/mol. The van der Waals surface area contributed by atoms with E-state index in [1.54, 1.807) is 0 Å². The van der Waals surface area contributed by atoms with Gasteiger partial charge in [-0.25, -0.2) is 4.98 Å². The molecule has 1 saturated carbocycles. The first-order valence-corrected chi connectivity index (χ1v) is 19.9. The maximum absolute atomic E-state index is 7.04. The summed E-state index contributed by atoms with van der Waals surface area (Å²) in [4.78, 5) is 17.3. The molecule has 1 aliphatic carbocycles. The molecule has 0 spiro atoms. The second-order valence-electron chi connectivity index (χ2n) is 15.4. The van der Waals surface area contributed by atoms with Crippen molar-refractivity contribution in [2.75, 3.05) is 58.3 Å². The van der Waals surface area contributed by atoms with Gasteiger partial charge in [0.1, 0.15) is 5.69 Å². The number of oxazole rings is 1. The van der Waals surface area contributed by atoms with Crippen LogP contribution < -0.4 is 4.90 Å². The normalized spacial score (nSPS) is 22.8. The Balaban J connectivity index is 1.11. The van der Waals surface area contributed by atoms with Crippen molar-refractivity contribution in [1.29, 1.82) is 0 Å². The van der Waals surface area contributed by atoms with E-state index in [-0.39, 0.29) is 6.04 Å². The number of piperidine rings is 1. The van der Waals surface area contributed by atoms with Crippen molar-refractivity contribution in [3.05, 3.63) is 106 Å². The van der Waals surface area contributed by atoms with E-state index in [9.17, 15) is 0 Å². The summed E-state index contributed by atoms with van der Waals surface area (Å²) in [5.74, 6) is 4.18. The van der Waals surface area contributed by atoms with Gasteiger partial charge >= 0.3 is 0 Å². The summed E-state index contributed by atoms with van der Waals surface area (Å²) in [6.45, 7) is 9.80.